The van der Waals surface area contributed by atoms with Crippen LogP contribution in [0.4, 0.5) is 0 Å². The predicted molar refractivity (Wildman–Crippen MR) is 80.4 cm³/mol. The van der Waals surface area contributed by atoms with E-state index in [1.807, 2.05) is 13.8 Å². The Kier molecular flexibility index (Phi) is 4.60. The summed E-state index contributed by atoms with van der Waals surface area (Å²) in [5, 5.41) is 3.04. The van der Waals surface area contributed by atoms with Crippen LogP contribution in [0.25, 0.3) is 0 Å². The number of methoxy groups -OCH3 is 1. The maximum atomic E-state index is 12.4. The molecule has 0 atom stereocenters. The first-order valence-electron chi connectivity index (χ1n) is 7.27. The van der Waals surface area contributed by atoms with Crippen molar-refractivity contribution in [1.29, 1.82) is 0 Å². The van der Waals surface area contributed by atoms with Crippen LogP contribution in [0.3, 0.4) is 0 Å². The number of carbonyl (C=O) groups excluding carboxylic acids is 1. The third-order valence-corrected chi connectivity index (χ3v) is 3.42. The van der Waals surface area contributed by atoms with Gasteiger partial charge in [0.1, 0.15) is 13.2 Å². The average molecular weight is 293 g/mol. The fourth-order valence-electron chi connectivity index (χ4n) is 2.47. The summed E-state index contributed by atoms with van der Waals surface area (Å²) >= 11 is 0. The molecule has 0 bridgehead atoms. The number of hydrogen-bond donors (Lipinski definition) is 1. The van der Waals surface area contributed by atoms with Gasteiger partial charge in [-0.05, 0) is 32.4 Å². The van der Waals surface area contributed by atoms with Crippen molar-refractivity contribution in [3.63, 3.8) is 0 Å². The van der Waals surface area contributed by atoms with Gasteiger partial charge in [0.05, 0.1) is 7.11 Å². The van der Waals surface area contributed by atoms with Crippen molar-refractivity contribution in [2.24, 2.45) is 0 Å². The molecule has 21 heavy (non-hydrogen) atoms. The number of benzene rings is 1. The Morgan fingerprint density at radius 3 is 2.71 bits per heavy atom. The van der Waals surface area contributed by atoms with Crippen molar-refractivity contribution < 1.29 is 19.0 Å². The van der Waals surface area contributed by atoms with Gasteiger partial charge in [-0.25, -0.2) is 0 Å². The molecule has 0 spiro atoms. The van der Waals surface area contributed by atoms with Crippen molar-refractivity contribution >= 4 is 5.91 Å². The Morgan fingerprint density at radius 1 is 1.33 bits per heavy atom. The molecule has 1 N–H and O–H groups in total. The molecule has 1 heterocycles. The molecule has 2 rings (SSSR count). The molecule has 1 aliphatic rings. The first kappa shape index (κ1) is 15.5. The molecule has 116 valence electrons. The van der Waals surface area contributed by atoms with Crippen molar-refractivity contribution in [2.45, 2.75) is 39.2 Å². The topological polar surface area (TPSA) is 56.8 Å². The fraction of sp³-hybridized carbons (Fsp3) is 0.562. The molecule has 0 saturated heterocycles. The van der Waals surface area contributed by atoms with Crippen LogP contribution in [0.15, 0.2) is 12.1 Å². The van der Waals surface area contributed by atoms with Crippen LogP contribution in [-0.4, -0.2) is 31.8 Å². The van der Waals surface area contributed by atoms with E-state index in [-0.39, 0.29) is 11.4 Å². The zero-order chi connectivity index (χ0) is 15.5. The summed E-state index contributed by atoms with van der Waals surface area (Å²) in [5.74, 6) is 1.50. The monoisotopic (exact) mass is 293 g/mol. The second kappa shape index (κ2) is 6.24. The number of nitrogens with one attached hydrogen (secondary N) is 1. The Labute approximate surface area is 125 Å². The smallest absolute Gasteiger partial charge is 0.251 e. The lowest BCUT2D eigenvalue weighted by atomic mass is 9.98. The molecule has 1 amide bonds. The van der Waals surface area contributed by atoms with E-state index >= 15 is 0 Å². The van der Waals surface area contributed by atoms with E-state index in [9.17, 15) is 4.79 Å². The third-order valence-electron chi connectivity index (χ3n) is 3.42. The van der Waals surface area contributed by atoms with Gasteiger partial charge in [-0.1, -0.05) is 13.3 Å². The minimum atomic E-state index is -0.244. The van der Waals surface area contributed by atoms with Gasteiger partial charge in [-0.15, -0.1) is 0 Å². The van der Waals surface area contributed by atoms with Crippen molar-refractivity contribution in [2.75, 3.05) is 20.3 Å². The number of ether oxygens (including phenoxy) is 3. The second-order valence-electron chi connectivity index (χ2n) is 5.79. The van der Waals surface area contributed by atoms with Crippen LogP contribution < -0.4 is 19.5 Å². The van der Waals surface area contributed by atoms with Crippen LogP contribution in [0, 0.1) is 0 Å². The Balaban J connectivity index is 2.25. The van der Waals surface area contributed by atoms with Gasteiger partial charge in [0.15, 0.2) is 11.5 Å². The van der Waals surface area contributed by atoms with Gasteiger partial charge >= 0.3 is 0 Å². The van der Waals surface area contributed by atoms with E-state index < -0.39 is 0 Å². The first-order chi connectivity index (χ1) is 9.96. The maximum absolute atomic E-state index is 12.4. The van der Waals surface area contributed by atoms with Crippen LogP contribution in [0.2, 0.25) is 0 Å². The van der Waals surface area contributed by atoms with Gasteiger partial charge in [-0.3, -0.25) is 4.79 Å². The first-order valence-corrected chi connectivity index (χ1v) is 7.27. The lowest BCUT2D eigenvalue weighted by molar-refractivity contribution is 0.0907. The van der Waals surface area contributed by atoms with Gasteiger partial charge in [-0.2, -0.15) is 0 Å². The van der Waals surface area contributed by atoms with E-state index in [1.165, 1.54) is 0 Å². The Hall–Kier alpha value is -1.91. The second-order valence-corrected chi connectivity index (χ2v) is 5.79. The van der Waals surface area contributed by atoms with Crippen molar-refractivity contribution in [3.8, 4) is 17.2 Å². The quantitative estimate of drug-likeness (QED) is 0.907. The van der Waals surface area contributed by atoms with Crippen LogP contribution >= 0.6 is 0 Å². The summed E-state index contributed by atoms with van der Waals surface area (Å²) in [5.41, 5.74) is 0.270. The molecule has 0 aliphatic carbocycles. The zero-order valence-corrected chi connectivity index (χ0v) is 13.1. The average Bonchev–Trinajstić information content (AvgIpc) is 2.45. The fourth-order valence-corrected chi connectivity index (χ4v) is 2.47. The number of hydrogen-bond acceptors (Lipinski definition) is 4. The Bertz CT molecular complexity index is 508. The van der Waals surface area contributed by atoms with E-state index in [1.54, 1.807) is 19.2 Å². The van der Waals surface area contributed by atoms with Gasteiger partial charge < -0.3 is 19.5 Å². The Morgan fingerprint density at radius 2 is 2.05 bits per heavy atom. The maximum Gasteiger partial charge on any atom is 0.251 e. The molecule has 0 unspecified atom stereocenters. The van der Waals surface area contributed by atoms with Gasteiger partial charge in [0.25, 0.3) is 5.91 Å². The summed E-state index contributed by atoms with van der Waals surface area (Å²) in [6, 6.07) is 3.39. The highest BCUT2D eigenvalue weighted by molar-refractivity contribution is 5.96. The third kappa shape index (κ3) is 3.60. The van der Waals surface area contributed by atoms with E-state index in [0.29, 0.717) is 36.0 Å². The molecular formula is C16H23NO4. The van der Waals surface area contributed by atoms with Crippen LogP contribution in [0.1, 0.15) is 44.0 Å². The number of rotatable bonds is 5. The minimum Gasteiger partial charge on any atom is -0.493 e. The summed E-state index contributed by atoms with van der Waals surface area (Å²) < 4.78 is 16.4. The number of carbonyl (C=O) groups is 1. The lowest BCUT2D eigenvalue weighted by Crippen LogP contribution is -2.43. The molecule has 1 aromatic rings. The molecule has 0 aromatic heterocycles. The van der Waals surface area contributed by atoms with E-state index in [2.05, 4.69) is 12.2 Å². The molecule has 5 nitrogen and oxygen atoms in total. The number of fused-ring (bicyclic) bond motifs is 1. The summed E-state index contributed by atoms with van der Waals surface area (Å²) in [6.45, 7) is 7.09. The van der Waals surface area contributed by atoms with Gasteiger partial charge in [0.2, 0.25) is 5.75 Å². The summed E-state index contributed by atoms with van der Waals surface area (Å²) in [7, 11) is 1.55. The highest BCUT2D eigenvalue weighted by Crippen LogP contribution is 2.40. The van der Waals surface area contributed by atoms with E-state index in [0.717, 1.165) is 12.8 Å². The zero-order valence-electron chi connectivity index (χ0n) is 13.1. The van der Waals surface area contributed by atoms with Crippen LogP contribution in [0.5, 0.6) is 17.2 Å². The van der Waals surface area contributed by atoms with Crippen molar-refractivity contribution in [1.82, 2.24) is 5.32 Å². The van der Waals surface area contributed by atoms with E-state index in [4.69, 9.17) is 14.2 Å². The van der Waals surface area contributed by atoms with Crippen molar-refractivity contribution in [3.05, 3.63) is 17.7 Å². The summed E-state index contributed by atoms with van der Waals surface area (Å²) in [6.07, 6.45) is 1.93. The van der Waals surface area contributed by atoms with Gasteiger partial charge in [0, 0.05) is 11.1 Å². The normalized spacial score (nSPS) is 13.7. The molecular weight excluding hydrogens is 270 g/mol. The highest BCUT2D eigenvalue weighted by Gasteiger charge is 2.24. The lowest BCUT2D eigenvalue weighted by Gasteiger charge is -2.26. The summed E-state index contributed by atoms with van der Waals surface area (Å²) in [4.78, 5) is 12.4. The molecule has 5 heteroatoms. The SMILES string of the molecule is CCCC(C)(C)NC(=O)c1cc(OC)c2c(c1)OCCO2. The largest absolute Gasteiger partial charge is 0.493 e. The number of amides is 1. The molecule has 1 aromatic carbocycles. The molecule has 0 saturated carbocycles. The minimum absolute atomic E-state index is 0.135. The molecule has 0 radical (unpaired) electrons. The standard InChI is InChI=1S/C16H23NO4/c1-5-6-16(2,3)17-15(18)11-9-12(19-4)14-13(10-11)20-7-8-21-14/h9-10H,5-8H2,1-4H3,(H,17,18). The van der Waals surface area contributed by atoms with Crippen LogP contribution in [-0.2, 0) is 0 Å². The predicted octanol–water partition coefficient (Wildman–Crippen LogP) is 2.77. The molecule has 1 aliphatic heterocycles. The highest BCUT2D eigenvalue weighted by atomic mass is 16.6. The molecule has 0 fully saturated rings.